The maximum Gasteiger partial charge on any atom is 0.274 e. The van der Waals surface area contributed by atoms with E-state index in [1.165, 1.54) is 0 Å². The van der Waals surface area contributed by atoms with Crippen LogP contribution in [0.5, 0.6) is 0 Å². The molecule has 1 aromatic heterocycles. The number of carbonyl (C=O) groups excluding carboxylic acids is 2. The number of likely N-dealkylation sites (tertiary alicyclic amines) is 1. The molecule has 2 aliphatic heterocycles. The second-order valence-electron chi connectivity index (χ2n) is 7.74. The van der Waals surface area contributed by atoms with Gasteiger partial charge >= 0.3 is 0 Å². The van der Waals surface area contributed by atoms with E-state index in [1.54, 1.807) is 0 Å². The smallest absolute Gasteiger partial charge is 0.274 e. The van der Waals surface area contributed by atoms with Gasteiger partial charge < -0.3 is 9.80 Å². The molecular formula is C21H26N4O2. The van der Waals surface area contributed by atoms with Gasteiger partial charge in [-0.3, -0.25) is 14.7 Å². The topological polar surface area (TPSA) is 69.3 Å². The molecule has 0 unspecified atom stereocenters. The van der Waals surface area contributed by atoms with E-state index in [4.69, 9.17) is 0 Å². The number of hydrogen-bond acceptors (Lipinski definition) is 4. The summed E-state index contributed by atoms with van der Waals surface area (Å²) >= 11 is 0. The summed E-state index contributed by atoms with van der Waals surface area (Å²) in [5.74, 6) is 0.0999. The van der Waals surface area contributed by atoms with E-state index < -0.39 is 0 Å². The number of aromatic amines is 1. The van der Waals surface area contributed by atoms with E-state index in [-0.39, 0.29) is 17.6 Å². The first kappa shape index (κ1) is 17.9. The van der Waals surface area contributed by atoms with E-state index in [0.29, 0.717) is 25.2 Å². The maximum atomic E-state index is 13.1. The summed E-state index contributed by atoms with van der Waals surface area (Å²) in [5, 5.41) is 7.36. The highest BCUT2D eigenvalue weighted by atomic mass is 16.2. The van der Waals surface area contributed by atoms with Crippen molar-refractivity contribution in [1.29, 1.82) is 0 Å². The molecule has 6 heteroatoms. The quantitative estimate of drug-likeness (QED) is 0.899. The van der Waals surface area contributed by atoms with E-state index in [2.05, 4.69) is 22.1 Å². The lowest BCUT2D eigenvalue weighted by atomic mass is 9.90. The number of amides is 1. The van der Waals surface area contributed by atoms with Gasteiger partial charge in [0.2, 0.25) is 0 Å². The molecule has 0 spiro atoms. The standard InChI is InChI=1S/C21H26N4O2/c1-24-11-9-18-17(14-24)20(23-22-18)21(27)25-10-5-8-16(13-25)19(26)12-15-6-3-2-4-7-15/h2-4,6-7,16H,5,8-14H2,1H3,(H,22,23)/t16-/m1/s1. The number of rotatable bonds is 4. The summed E-state index contributed by atoms with van der Waals surface area (Å²) in [4.78, 5) is 29.8. The van der Waals surface area contributed by atoms with Crippen molar-refractivity contribution < 1.29 is 9.59 Å². The second kappa shape index (κ2) is 7.64. The van der Waals surface area contributed by atoms with Gasteiger partial charge in [0.05, 0.1) is 0 Å². The first-order valence-electron chi connectivity index (χ1n) is 9.72. The van der Waals surface area contributed by atoms with Gasteiger partial charge in [0.15, 0.2) is 5.69 Å². The molecule has 2 aromatic rings. The fourth-order valence-corrected chi connectivity index (χ4v) is 4.12. The third kappa shape index (κ3) is 3.81. The number of piperidine rings is 1. The Bertz CT molecular complexity index is 830. The Balaban J connectivity index is 1.44. The summed E-state index contributed by atoms with van der Waals surface area (Å²) in [6.07, 6.45) is 3.06. The third-order valence-electron chi connectivity index (χ3n) is 5.71. The Kier molecular flexibility index (Phi) is 5.07. The summed E-state index contributed by atoms with van der Waals surface area (Å²) < 4.78 is 0. The molecule has 1 fully saturated rings. The van der Waals surface area contributed by atoms with Crippen molar-refractivity contribution in [3.05, 3.63) is 52.8 Å². The average molecular weight is 366 g/mol. The van der Waals surface area contributed by atoms with Crippen molar-refractivity contribution in [2.75, 3.05) is 26.7 Å². The number of ketones is 1. The normalized spacial score (nSPS) is 20.3. The zero-order valence-corrected chi connectivity index (χ0v) is 15.8. The molecule has 0 aliphatic carbocycles. The largest absolute Gasteiger partial charge is 0.337 e. The Morgan fingerprint density at radius 1 is 1.22 bits per heavy atom. The Morgan fingerprint density at radius 2 is 2.04 bits per heavy atom. The van der Waals surface area contributed by atoms with Crippen LogP contribution in [-0.4, -0.2) is 58.4 Å². The Hall–Kier alpha value is -2.47. The van der Waals surface area contributed by atoms with Crippen LogP contribution >= 0.6 is 0 Å². The Morgan fingerprint density at radius 3 is 2.85 bits per heavy atom. The molecule has 1 saturated heterocycles. The van der Waals surface area contributed by atoms with Crippen LogP contribution in [0.4, 0.5) is 0 Å². The summed E-state index contributed by atoms with van der Waals surface area (Å²) in [5.41, 5.74) is 3.67. The molecule has 0 radical (unpaired) electrons. The number of likely N-dealkylation sites (N-methyl/N-ethyl adjacent to an activating group) is 1. The monoisotopic (exact) mass is 366 g/mol. The average Bonchev–Trinajstić information content (AvgIpc) is 3.11. The molecule has 142 valence electrons. The lowest BCUT2D eigenvalue weighted by molar-refractivity contribution is -0.123. The highest BCUT2D eigenvalue weighted by Gasteiger charge is 2.32. The molecule has 1 atom stereocenters. The van der Waals surface area contributed by atoms with Crippen LogP contribution in [0.2, 0.25) is 0 Å². The maximum absolute atomic E-state index is 13.1. The molecular weight excluding hydrogens is 340 g/mol. The molecule has 3 heterocycles. The van der Waals surface area contributed by atoms with Gasteiger partial charge in [-0.1, -0.05) is 30.3 Å². The van der Waals surface area contributed by atoms with Crippen LogP contribution in [0.1, 0.15) is 40.2 Å². The van der Waals surface area contributed by atoms with Crippen LogP contribution in [-0.2, 0) is 24.2 Å². The minimum Gasteiger partial charge on any atom is -0.337 e. The zero-order valence-electron chi connectivity index (χ0n) is 15.8. The first-order valence-corrected chi connectivity index (χ1v) is 9.72. The molecule has 1 N–H and O–H groups in total. The van der Waals surface area contributed by atoms with Crippen LogP contribution in [0.3, 0.4) is 0 Å². The molecule has 0 saturated carbocycles. The number of nitrogens with zero attached hydrogens (tertiary/aromatic N) is 3. The first-order chi connectivity index (χ1) is 13.1. The highest BCUT2D eigenvalue weighted by Crippen LogP contribution is 2.24. The highest BCUT2D eigenvalue weighted by molar-refractivity contribution is 5.94. The number of aromatic nitrogens is 2. The van der Waals surface area contributed by atoms with Gasteiger partial charge in [0.1, 0.15) is 5.78 Å². The second-order valence-corrected chi connectivity index (χ2v) is 7.74. The fraction of sp³-hybridized carbons (Fsp3) is 0.476. The Labute approximate surface area is 159 Å². The van der Waals surface area contributed by atoms with E-state index in [0.717, 1.165) is 49.2 Å². The van der Waals surface area contributed by atoms with Gasteiger partial charge in [0.25, 0.3) is 5.91 Å². The molecule has 4 rings (SSSR count). The van der Waals surface area contributed by atoms with Gasteiger partial charge in [-0.15, -0.1) is 0 Å². The summed E-state index contributed by atoms with van der Waals surface area (Å²) in [6.45, 7) is 2.92. The van der Waals surface area contributed by atoms with Crippen LogP contribution in [0, 0.1) is 5.92 Å². The fourth-order valence-electron chi connectivity index (χ4n) is 4.12. The molecule has 2 aliphatic rings. The summed E-state index contributed by atoms with van der Waals surface area (Å²) in [7, 11) is 2.06. The van der Waals surface area contributed by atoms with E-state index in [9.17, 15) is 9.59 Å². The minimum absolute atomic E-state index is 0.0417. The van der Waals surface area contributed by atoms with Crippen molar-refractivity contribution in [1.82, 2.24) is 20.0 Å². The predicted octanol–water partition coefficient (Wildman–Crippen LogP) is 2.06. The van der Waals surface area contributed by atoms with Crippen LogP contribution < -0.4 is 0 Å². The summed E-state index contributed by atoms with van der Waals surface area (Å²) in [6, 6.07) is 9.83. The van der Waals surface area contributed by atoms with Gasteiger partial charge in [-0.25, -0.2) is 0 Å². The van der Waals surface area contributed by atoms with Crippen molar-refractivity contribution >= 4 is 11.7 Å². The lowest BCUT2D eigenvalue weighted by Crippen LogP contribution is -2.43. The SMILES string of the molecule is CN1CCc2[nH]nc(C(=O)N3CCC[C@@H](C(=O)Cc4ccccc4)C3)c2C1. The van der Waals surface area contributed by atoms with Gasteiger partial charge in [0, 0.05) is 56.2 Å². The number of nitrogens with one attached hydrogen (secondary N) is 1. The van der Waals surface area contributed by atoms with Gasteiger partial charge in [-0.2, -0.15) is 5.10 Å². The van der Waals surface area contributed by atoms with Crippen LogP contribution in [0.25, 0.3) is 0 Å². The molecule has 27 heavy (non-hydrogen) atoms. The minimum atomic E-state index is -0.0830. The molecule has 1 aromatic carbocycles. The van der Waals surface area contributed by atoms with Crippen molar-refractivity contribution in [3.8, 4) is 0 Å². The number of benzene rings is 1. The number of H-pyrrole nitrogens is 1. The molecule has 1 amide bonds. The molecule has 6 nitrogen and oxygen atoms in total. The number of Topliss-reactive ketones (excluding diaryl/α,β-unsaturated/α-hetero) is 1. The van der Waals surface area contributed by atoms with E-state index in [1.807, 2.05) is 35.2 Å². The van der Waals surface area contributed by atoms with Crippen LogP contribution in [0.15, 0.2) is 30.3 Å². The molecule has 0 bridgehead atoms. The zero-order chi connectivity index (χ0) is 18.8. The van der Waals surface area contributed by atoms with Crippen molar-refractivity contribution in [3.63, 3.8) is 0 Å². The third-order valence-corrected chi connectivity index (χ3v) is 5.71. The van der Waals surface area contributed by atoms with Gasteiger partial charge in [-0.05, 0) is 25.5 Å². The number of fused-ring (bicyclic) bond motifs is 1. The van der Waals surface area contributed by atoms with Crippen molar-refractivity contribution in [2.45, 2.75) is 32.2 Å². The lowest BCUT2D eigenvalue weighted by Gasteiger charge is -2.32. The predicted molar refractivity (Wildman–Crippen MR) is 102 cm³/mol. The van der Waals surface area contributed by atoms with Crippen molar-refractivity contribution in [2.24, 2.45) is 5.92 Å². The van der Waals surface area contributed by atoms with E-state index >= 15 is 0 Å². The number of hydrogen-bond donors (Lipinski definition) is 1. The number of carbonyl (C=O) groups is 2.